The number of carboxylic acids is 1. The Hall–Kier alpha value is -3.36. The number of hydrogen-bond donors (Lipinski definition) is 1. The molecule has 0 aliphatic carbocycles. The zero-order valence-corrected chi connectivity index (χ0v) is 17.0. The average Bonchev–Trinajstić information content (AvgIpc) is 3.20. The lowest BCUT2D eigenvalue weighted by molar-refractivity contribution is 0.0686. The molecule has 3 aromatic heterocycles. The third-order valence-corrected chi connectivity index (χ3v) is 4.84. The Morgan fingerprint density at radius 2 is 1.76 bits per heavy atom. The van der Waals surface area contributed by atoms with Crippen LogP contribution >= 0.6 is 0 Å². The smallest absolute Gasteiger partial charge is 0.352 e. The maximum absolute atomic E-state index is 12.9. The topological polar surface area (TPSA) is 104 Å². The Morgan fingerprint density at radius 3 is 2.34 bits per heavy atom. The number of nitrogens with zero attached hydrogens (tertiary/aromatic N) is 5. The predicted molar refractivity (Wildman–Crippen MR) is 111 cm³/mol. The first-order valence-corrected chi connectivity index (χ1v) is 9.57. The van der Waals surface area contributed by atoms with Gasteiger partial charge in [0.15, 0.2) is 11.2 Å². The van der Waals surface area contributed by atoms with Gasteiger partial charge in [-0.1, -0.05) is 13.8 Å². The van der Waals surface area contributed by atoms with Crippen LogP contribution in [0.4, 0.5) is 0 Å². The number of aromatic carboxylic acids is 1. The van der Waals surface area contributed by atoms with E-state index in [0.717, 1.165) is 6.42 Å². The molecule has 0 saturated heterocycles. The fourth-order valence-electron chi connectivity index (χ4n) is 3.44. The third-order valence-electron chi connectivity index (χ3n) is 4.84. The van der Waals surface area contributed by atoms with E-state index >= 15 is 0 Å². The largest absolute Gasteiger partial charge is 0.477 e. The number of carbonyl (C=O) groups is 1. The lowest BCUT2D eigenvalue weighted by Gasteiger charge is -2.10. The minimum Gasteiger partial charge on any atom is -0.477 e. The van der Waals surface area contributed by atoms with Gasteiger partial charge in [0, 0.05) is 33.4 Å². The van der Waals surface area contributed by atoms with Gasteiger partial charge >= 0.3 is 11.7 Å². The van der Waals surface area contributed by atoms with E-state index in [4.69, 9.17) is 0 Å². The van der Waals surface area contributed by atoms with Gasteiger partial charge in [-0.2, -0.15) is 0 Å². The van der Waals surface area contributed by atoms with E-state index in [1.807, 2.05) is 13.8 Å². The molecule has 154 valence electrons. The maximum atomic E-state index is 12.9. The molecule has 0 radical (unpaired) electrons. The number of aromatic nitrogens is 5. The molecule has 0 fully saturated rings. The van der Waals surface area contributed by atoms with E-state index in [1.165, 1.54) is 9.13 Å². The van der Waals surface area contributed by atoms with E-state index in [2.05, 4.69) is 4.98 Å². The number of imidazole rings is 1. The molecule has 3 heterocycles. The van der Waals surface area contributed by atoms with Crippen molar-refractivity contribution in [3.63, 3.8) is 0 Å². The first-order chi connectivity index (χ1) is 13.8. The van der Waals surface area contributed by atoms with Crippen LogP contribution in [-0.2, 0) is 27.2 Å². The van der Waals surface area contributed by atoms with Gasteiger partial charge in [-0.15, -0.1) is 0 Å². The Balaban J connectivity index is 2.16. The maximum Gasteiger partial charge on any atom is 0.352 e. The Labute approximate surface area is 167 Å². The Bertz CT molecular complexity index is 1220. The van der Waals surface area contributed by atoms with Crippen LogP contribution in [0.2, 0.25) is 0 Å². The summed E-state index contributed by atoms with van der Waals surface area (Å²) < 4.78 is 6.02. The number of carboxylic acid groups (broad SMARTS) is 1. The average molecular weight is 399 g/mol. The molecule has 0 spiro atoms. The van der Waals surface area contributed by atoms with Crippen molar-refractivity contribution in [3.05, 3.63) is 50.2 Å². The lowest BCUT2D eigenvalue weighted by atomic mass is 10.3. The molecule has 0 aliphatic heterocycles. The van der Waals surface area contributed by atoms with Gasteiger partial charge in [-0.25, -0.2) is 14.6 Å². The number of rotatable bonds is 7. The van der Waals surface area contributed by atoms with Crippen molar-refractivity contribution >= 4 is 29.3 Å². The van der Waals surface area contributed by atoms with E-state index in [-0.39, 0.29) is 16.9 Å². The Kier molecular flexibility index (Phi) is 5.58. The normalized spacial score (nSPS) is 11.7. The van der Waals surface area contributed by atoms with Crippen molar-refractivity contribution < 1.29 is 9.90 Å². The van der Waals surface area contributed by atoms with Crippen LogP contribution in [-0.4, -0.2) is 34.3 Å². The summed E-state index contributed by atoms with van der Waals surface area (Å²) in [5, 5.41) is 9.18. The molecule has 0 aliphatic rings. The molecule has 1 N–H and O–H groups in total. The summed E-state index contributed by atoms with van der Waals surface area (Å²) in [6, 6.07) is 1.56. The van der Waals surface area contributed by atoms with E-state index in [1.54, 1.807) is 47.6 Å². The van der Waals surface area contributed by atoms with Crippen LogP contribution in [0.5, 0.6) is 0 Å². The van der Waals surface area contributed by atoms with Gasteiger partial charge in [-0.05, 0) is 36.6 Å². The standard InChI is InChI=1S/C20H25N5O4/c1-5-9-24-17-16(18(26)25(10-6-2)20(24)29)23(4)15(21-17)8-7-13-11-14(19(27)28)22(3)12-13/h7-8,11-12H,5-6,9-10H2,1-4H3,(H,27,28)/b8-7+. The van der Waals surface area contributed by atoms with Crippen LogP contribution in [0.25, 0.3) is 23.3 Å². The monoisotopic (exact) mass is 399 g/mol. The second-order valence-electron chi connectivity index (χ2n) is 7.00. The molecule has 0 bridgehead atoms. The first-order valence-electron chi connectivity index (χ1n) is 9.57. The van der Waals surface area contributed by atoms with Gasteiger partial charge in [0.2, 0.25) is 0 Å². The van der Waals surface area contributed by atoms with Crippen molar-refractivity contribution in [3.8, 4) is 0 Å². The second kappa shape index (κ2) is 7.94. The molecule has 0 amide bonds. The summed E-state index contributed by atoms with van der Waals surface area (Å²) in [7, 11) is 3.40. The minimum atomic E-state index is -1.00. The zero-order chi connectivity index (χ0) is 21.3. The van der Waals surface area contributed by atoms with E-state index < -0.39 is 5.97 Å². The molecule has 9 heteroatoms. The molecular weight excluding hydrogens is 374 g/mol. The van der Waals surface area contributed by atoms with Crippen LogP contribution in [0.15, 0.2) is 21.9 Å². The highest BCUT2D eigenvalue weighted by atomic mass is 16.4. The van der Waals surface area contributed by atoms with E-state index in [9.17, 15) is 19.5 Å². The molecule has 3 rings (SSSR count). The molecule has 29 heavy (non-hydrogen) atoms. The van der Waals surface area contributed by atoms with E-state index in [0.29, 0.717) is 42.1 Å². The molecule has 9 nitrogen and oxygen atoms in total. The van der Waals surface area contributed by atoms with Crippen LogP contribution in [0.3, 0.4) is 0 Å². The first kappa shape index (κ1) is 20.4. The fraction of sp³-hybridized carbons (Fsp3) is 0.400. The quantitative estimate of drug-likeness (QED) is 0.654. The minimum absolute atomic E-state index is 0.175. The molecule has 0 aromatic carbocycles. The van der Waals surface area contributed by atoms with Gasteiger partial charge in [-0.3, -0.25) is 13.9 Å². The van der Waals surface area contributed by atoms with Gasteiger partial charge in [0.25, 0.3) is 5.56 Å². The molecule has 0 atom stereocenters. The van der Waals surface area contributed by atoms with Gasteiger partial charge in [0.05, 0.1) is 0 Å². The molecule has 3 aromatic rings. The predicted octanol–water partition coefficient (Wildman–Crippen LogP) is 1.92. The van der Waals surface area contributed by atoms with Gasteiger partial charge < -0.3 is 14.2 Å². The summed E-state index contributed by atoms with van der Waals surface area (Å²) in [6.07, 6.45) is 6.57. The highest BCUT2D eigenvalue weighted by Crippen LogP contribution is 2.15. The fourth-order valence-corrected chi connectivity index (χ4v) is 3.44. The number of aryl methyl sites for hydroxylation is 3. The van der Waals surface area contributed by atoms with Crippen LogP contribution < -0.4 is 11.2 Å². The molecule has 0 saturated carbocycles. The van der Waals surface area contributed by atoms with Gasteiger partial charge in [0.1, 0.15) is 11.5 Å². The summed E-state index contributed by atoms with van der Waals surface area (Å²) in [5.41, 5.74) is 0.942. The summed E-state index contributed by atoms with van der Waals surface area (Å²) in [6.45, 7) is 4.71. The molecule has 0 unspecified atom stereocenters. The van der Waals surface area contributed by atoms with Crippen molar-refractivity contribution in [2.75, 3.05) is 0 Å². The third kappa shape index (κ3) is 3.55. The summed E-state index contributed by atoms with van der Waals surface area (Å²) in [5.74, 6) is -0.494. The SMILES string of the molecule is CCCn1c(=O)c2c(nc(/C=C/c3cc(C(=O)O)n(C)c3)n2C)n(CCC)c1=O. The van der Waals surface area contributed by atoms with Crippen LogP contribution in [0, 0.1) is 0 Å². The highest BCUT2D eigenvalue weighted by Gasteiger charge is 2.18. The highest BCUT2D eigenvalue weighted by molar-refractivity contribution is 5.87. The second-order valence-corrected chi connectivity index (χ2v) is 7.00. The van der Waals surface area contributed by atoms with Crippen molar-refractivity contribution in [2.24, 2.45) is 14.1 Å². The number of fused-ring (bicyclic) bond motifs is 1. The Morgan fingerprint density at radius 1 is 1.10 bits per heavy atom. The van der Waals surface area contributed by atoms with Crippen molar-refractivity contribution in [1.29, 1.82) is 0 Å². The van der Waals surface area contributed by atoms with Crippen molar-refractivity contribution in [2.45, 2.75) is 39.8 Å². The summed E-state index contributed by atoms with van der Waals surface area (Å²) >= 11 is 0. The van der Waals surface area contributed by atoms with Crippen molar-refractivity contribution in [1.82, 2.24) is 23.3 Å². The number of hydrogen-bond acceptors (Lipinski definition) is 4. The summed E-state index contributed by atoms with van der Waals surface area (Å²) in [4.78, 5) is 41.5. The lowest BCUT2D eigenvalue weighted by Crippen LogP contribution is -2.40. The van der Waals surface area contributed by atoms with Crippen LogP contribution in [0.1, 0.15) is 48.6 Å². The zero-order valence-electron chi connectivity index (χ0n) is 17.0. The molecular formula is C20H25N5O4.